The Kier molecular flexibility index (Phi) is 8.05. The first-order valence-corrected chi connectivity index (χ1v) is 8.17. The number of esters is 1. The van der Waals surface area contributed by atoms with Crippen molar-refractivity contribution in [1.29, 1.82) is 0 Å². The van der Waals surface area contributed by atoms with Gasteiger partial charge in [-0.3, -0.25) is 4.79 Å². The lowest BCUT2D eigenvalue weighted by molar-refractivity contribution is -0.154. The predicted molar refractivity (Wildman–Crippen MR) is 94.1 cm³/mol. The first-order chi connectivity index (χ1) is 12.2. The summed E-state index contributed by atoms with van der Waals surface area (Å²) >= 11 is 0. The summed E-state index contributed by atoms with van der Waals surface area (Å²) in [5.74, 6) is -1.29. The van der Waals surface area contributed by atoms with E-state index in [0.29, 0.717) is 0 Å². The molecule has 1 aromatic carbocycles. The fourth-order valence-electron chi connectivity index (χ4n) is 2.15. The van der Waals surface area contributed by atoms with Gasteiger partial charge in [-0.1, -0.05) is 30.3 Å². The summed E-state index contributed by atoms with van der Waals surface area (Å²) in [7, 11) is 1.18. The molecule has 0 saturated heterocycles. The second-order valence-corrected chi connectivity index (χ2v) is 6.58. The van der Waals surface area contributed by atoms with E-state index in [2.05, 4.69) is 10.1 Å². The van der Waals surface area contributed by atoms with Gasteiger partial charge in [0.15, 0.2) is 6.04 Å². The predicted octanol–water partition coefficient (Wildman–Crippen LogP) is 1.07. The second kappa shape index (κ2) is 9.76. The van der Waals surface area contributed by atoms with E-state index >= 15 is 0 Å². The minimum Gasteiger partial charge on any atom is -0.467 e. The van der Waals surface area contributed by atoms with Gasteiger partial charge in [0.1, 0.15) is 12.1 Å². The molecule has 1 rings (SSSR count). The quantitative estimate of drug-likeness (QED) is 0.700. The van der Waals surface area contributed by atoms with Crippen LogP contribution >= 0.6 is 0 Å². The van der Waals surface area contributed by atoms with Crippen LogP contribution in [0.5, 0.6) is 0 Å². The number of carbonyl (C=O) groups is 3. The van der Waals surface area contributed by atoms with Gasteiger partial charge >= 0.3 is 12.1 Å². The van der Waals surface area contributed by atoms with Crippen LogP contribution in [0.2, 0.25) is 0 Å². The largest absolute Gasteiger partial charge is 0.467 e. The molecule has 2 N–H and O–H groups in total. The summed E-state index contributed by atoms with van der Waals surface area (Å²) < 4.78 is 9.74. The molecule has 0 fully saturated rings. The van der Waals surface area contributed by atoms with E-state index in [0.717, 1.165) is 5.56 Å². The number of hydrogen-bond donors (Lipinski definition) is 2. The number of carbonyl (C=O) groups excluding carboxylic acids is 3. The number of nitrogens with one attached hydrogen (secondary N) is 1. The number of ether oxygens (including phenoxy) is 2. The minimum atomic E-state index is -1.17. The second-order valence-electron chi connectivity index (χ2n) is 6.58. The Balaban J connectivity index is 2.87. The number of aliphatic hydroxyl groups excluding tert-OH is 1. The maximum absolute atomic E-state index is 12.6. The van der Waals surface area contributed by atoms with Gasteiger partial charge < -0.3 is 24.8 Å². The molecule has 0 radical (unpaired) electrons. The molecule has 0 saturated carbocycles. The van der Waals surface area contributed by atoms with Gasteiger partial charge in [0.2, 0.25) is 5.91 Å². The number of methoxy groups -OCH3 is 1. The molecule has 1 aromatic rings. The summed E-state index contributed by atoms with van der Waals surface area (Å²) in [5, 5.41) is 11.9. The van der Waals surface area contributed by atoms with Gasteiger partial charge in [0.05, 0.1) is 13.7 Å². The summed E-state index contributed by atoms with van der Waals surface area (Å²) in [6.45, 7) is 4.21. The van der Waals surface area contributed by atoms with Crippen LogP contribution in [0.4, 0.5) is 4.79 Å². The van der Waals surface area contributed by atoms with E-state index < -0.39 is 36.2 Å². The van der Waals surface area contributed by atoms with Crippen molar-refractivity contribution in [3.63, 3.8) is 0 Å². The van der Waals surface area contributed by atoms with Gasteiger partial charge in [0, 0.05) is 6.54 Å². The first kappa shape index (κ1) is 21.4. The Bertz CT molecular complexity index is 612. The Morgan fingerprint density at radius 2 is 1.81 bits per heavy atom. The summed E-state index contributed by atoms with van der Waals surface area (Å²) in [6, 6.07) is 7.81. The van der Waals surface area contributed by atoms with Crippen LogP contribution < -0.4 is 5.32 Å². The molecule has 0 spiro atoms. The van der Waals surface area contributed by atoms with Gasteiger partial charge in [-0.25, -0.2) is 9.59 Å². The molecule has 0 aliphatic heterocycles. The highest BCUT2D eigenvalue weighted by Gasteiger charge is 2.30. The SMILES string of the molecule is COC(=O)[C@H](CO)N(Cc1ccccc1)C(=O)CNC(=O)OC(C)(C)C. The highest BCUT2D eigenvalue weighted by atomic mass is 16.6. The van der Waals surface area contributed by atoms with E-state index in [1.807, 2.05) is 6.07 Å². The lowest BCUT2D eigenvalue weighted by atomic mass is 10.1. The van der Waals surface area contributed by atoms with Gasteiger partial charge in [-0.15, -0.1) is 0 Å². The molecule has 0 bridgehead atoms. The number of hydrogen-bond acceptors (Lipinski definition) is 6. The number of nitrogens with zero attached hydrogens (tertiary/aromatic N) is 1. The lowest BCUT2D eigenvalue weighted by Gasteiger charge is -2.29. The third-order valence-electron chi connectivity index (χ3n) is 3.32. The van der Waals surface area contributed by atoms with Crippen molar-refractivity contribution in [1.82, 2.24) is 10.2 Å². The van der Waals surface area contributed by atoms with Gasteiger partial charge in [-0.05, 0) is 26.3 Å². The average Bonchev–Trinajstić information content (AvgIpc) is 2.58. The maximum atomic E-state index is 12.6. The zero-order valence-electron chi connectivity index (χ0n) is 15.5. The third-order valence-corrected chi connectivity index (χ3v) is 3.32. The van der Waals surface area contributed by atoms with Crippen molar-refractivity contribution < 1.29 is 29.0 Å². The molecule has 0 aliphatic rings. The molecule has 2 amide bonds. The van der Waals surface area contributed by atoms with Crippen LogP contribution in [0.25, 0.3) is 0 Å². The first-order valence-electron chi connectivity index (χ1n) is 8.17. The molecule has 8 heteroatoms. The van der Waals surface area contributed by atoms with E-state index in [-0.39, 0.29) is 13.1 Å². The molecule has 8 nitrogen and oxygen atoms in total. The van der Waals surface area contributed by atoms with Crippen molar-refractivity contribution >= 4 is 18.0 Å². The summed E-state index contributed by atoms with van der Waals surface area (Å²) in [4.78, 5) is 37.4. The maximum Gasteiger partial charge on any atom is 0.408 e. The number of amides is 2. The Hall–Kier alpha value is -2.61. The van der Waals surface area contributed by atoms with Gasteiger partial charge in [0.25, 0.3) is 0 Å². The van der Waals surface area contributed by atoms with Crippen molar-refractivity contribution in [2.45, 2.75) is 39.0 Å². The van der Waals surface area contributed by atoms with E-state index in [1.54, 1.807) is 45.0 Å². The molecule has 0 aromatic heterocycles. The van der Waals surface area contributed by atoms with Crippen LogP contribution in [-0.2, 0) is 25.6 Å². The van der Waals surface area contributed by atoms with E-state index in [1.165, 1.54) is 12.0 Å². The fraction of sp³-hybridized carbons (Fsp3) is 0.500. The van der Waals surface area contributed by atoms with Crippen LogP contribution in [-0.4, -0.2) is 59.9 Å². The molecule has 1 atom stereocenters. The van der Waals surface area contributed by atoms with Crippen molar-refractivity contribution in [3.05, 3.63) is 35.9 Å². The number of benzene rings is 1. The highest BCUT2D eigenvalue weighted by Crippen LogP contribution is 2.11. The minimum absolute atomic E-state index is 0.0794. The standard InChI is InChI=1S/C18H26N2O6/c1-18(2,3)26-17(24)19-10-15(22)20(14(12-21)16(23)25-4)11-13-8-6-5-7-9-13/h5-9,14,21H,10-12H2,1-4H3,(H,19,24)/t14-/m0/s1. The van der Waals surface area contributed by atoms with Crippen LogP contribution in [0.15, 0.2) is 30.3 Å². The number of alkyl carbamates (subject to hydrolysis) is 1. The van der Waals surface area contributed by atoms with Crippen molar-refractivity contribution in [2.75, 3.05) is 20.3 Å². The highest BCUT2D eigenvalue weighted by molar-refractivity contribution is 5.87. The smallest absolute Gasteiger partial charge is 0.408 e. The molecular formula is C18H26N2O6. The molecule has 0 aliphatic carbocycles. The van der Waals surface area contributed by atoms with Gasteiger partial charge in [-0.2, -0.15) is 0 Å². The van der Waals surface area contributed by atoms with Crippen LogP contribution in [0.1, 0.15) is 26.3 Å². The summed E-state index contributed by atoms with van der Waals surface area (Å²) in [5.41, 5.74) is 0.0664. The molecule has 0 unspecified atom stereocenters. The zero-order chi connectivity index (χ0) is 19.7. The molecule has 0 heterocycles. The fourth-order valence-corrected chi connectivity index (χ4v) is 2.15. The van der Waals surface area contributed by atoms with Crippen LogP contribution in [0.3, 0.4) is 0 Å². The van der Waals surface area contributed by atoms with Crippen molar-refractivity contribution in [3.8, 4) is 0 Å². The lowest BCUT2D eigenvalue weighted by Crippen LogP contribution is -2.50. The molecule has 144 valence electrons. The topological polar surface area (TPSA) is 105 Å². The normalized spacial score (nSPS) is 12.0. The molecule has 26 heavy (non-hydrogen) atoms. The number of aliphatic hydroxyl groups is 1. The monoisotopic (exact) mass is 366 g/mol. The van der Waals surface area contributed by atoms with E-state index in [9.17, 15) is 19.5 Å². The van der Waals surface area contributed by atoms with E-state index in [4.69, 9.17) is 4.74 Å². The Labute approximate surface area is 153 Å². The number of rotatable bonds is 7. The summed E-state index contributed by atoms with van der Waals surface area (Å²) in [6.07, 6.45) is -0.746. The van der Waals surface area contributed by atoms with Crippen LogP contribution in [0, 0.1) is 0 Å². The average molecular weight is 366 g/mol. The third kappa shape index (κ3) is 7.10. The molecular weight excluding hydrogens is 340 g/mol. The Morgan fingerprint density at radius 1 is 1.19 bits per heavy atom. The Morgan fingerprint density at radius 3 is 2.31 bits per heavy atom. The van der Waals surface area contributed by atoms with Crippen molar-refractivity contribution in [2.24, 2.45) is 0 Å². The zero-order valence-corrected chi connectivity index (χ0v) is 15.5.